The van der Waals surface area contributed by atoms with Crippen LogP contribution in [-0.4, -0.2) is 24.7 Å². The smallest absolute Gasteiger partial charge is 0.119 e. The van der Waals surface area contributed by atoms with Gasteiger partial charge in [-0.1, -0.05) is 36.4 Å². The Morgan fingerprint density at radius 3 is 1.47 bits per heavy atom. The van der Waals surface area contributed by atoms with Gasteiger partial charge in [0.25, 0.3) is 0 Å². The van der Waals surface area contributed by atoms with Crippen LogP contribution in [0.4, 0.5) is 0 Å². The van der Waals surface area contributed by atoms with Crippen molar-refractivity contribution in [3.8, 4) is 11.5 Å². The van der Waals surface area contributed by atoms with Crippen molar-refractivity contribution in [2.24, 2.45) is 0 Å². The number of ether oxygens (including phenoxy) is 2. The molecule has 0 saturated heterocycles. The van der Waals surface area contributed by atoms with Crippen molar-refractivity contribution in [3.05, 3.63) is 60.7 Å². The highest BCUT2D eigenvalue weighted by Crippen LogP contribution is 2.11. The molecule has 0 aromatic heterocycles. The van der Waals surface area contributed by atoms with E-state index in [4.69, 9.17) is 9.47 Å². The minimum Gasteiger partial charge on any atom is -0.493 e. The van der Waals surface area contributed by atoms with Gasteiger partial charge in [-0.3, -0.25) is 0 Å². The molecular formula is C16H18O2S. The number of hydrogen-bond donors (Lipinski definition) is 0. The van der Waals surface area contributed by atoms with Crippen molar-refractivity contribution in [2.45, 2.75) is 0 Å². The quantitative estimate of drug-likeness (QED) is 0.681. The largest absolute Gasteiger partial charge is 0.493 e. The maximum absolute atomic E-state index is 5.61. The summed E-state index contributed by atoms with van der Waals surface area (Å²) in [4.78, 5) is 0. The predicted octanol–water partition coefficient (Wildman–Crippen LogP) is 3.88. The summed E-state index contributed by atoms with van der Waals surface area (Å²) in [5.41, 5.74) is 0. The van der Waals surface area contributed by atoms with Crippen LogP contribution in [-0.2, 0) is 0 Å². The molecule has 3 heteroatoms. The van der Waals surface area contributed by atoms with E-state index < -0.39 is 0 Å². The normalized spacial score (nSPS) is 10.1. The van der Waals surface area contributed by atoms with Crippen LogP contribution in [0.2, 0.25) is 0 Å². The van der Waals surface area contributed by atoms with Crippen LogP contribution in [0.1, 0.15) is 0 Å². The van der Waals surface area contributed by atoms with Gasteiger partial charge in [-0.25, -0.2) is 0 Å². The van der Waals surface area contributed by atoms with Crippen molar-refractivity contribution in [1.29, 1.82) is 0 Å². The van der Waals surface area contributed by atoms with Gasteiger partial charge in [-0.05, 0) is 24.3 Å². The van der Waals surface area contributed by atoms with Gasteiger partial charge in [0.1, 0.15) is 11.5 Å². The summed E-state index contributed by atoms with van der Waals surface area (Å²) < 4.78 is 11.2. The summed E-state index contributed by atoms with van der Waals surface area (Å²) in [6.45, 7) is 1.47. The molecule has 2 aromatic carbocycles. The Kier molecular flexibility index (Phi) is 6.17. The van der Waals surface area contributed by atoms with Gasteiger partial charge in [0.05, 0.1) is 13.2 Å². The van der Waals surface area contributed by atoms with Crippen LogP contribution in [0.15, 0.2) is 60.7 Å². The molecule has 0 saturated carbocycles. The molecule has 0 heterocycles. The summed E-state index contributed by atoms with van der Waals surface area (Å²) in [5, 5.41) is 0. The van der Waals surface area contributed by atoms with Gasteiger partial charge < -0.3 is 9.47 Å². The van der Waals surface area contributed by atoms with E-state index in [-0.39, 0.29) is 0 Å². The number of hydrogen-bond acceptors (Lipinski definition) is 3. The second-order valence-electron chi connectivity index (χ2n) is 3.94. The van der Waals surface area contributed by atoms with Crippen LogP contribution in [0, 0.1) is 0 Å². The molecule has 2 aromatic rings. The Balaban J connectivity index is 1.49. The number of benzene rings is 2. The number of para-hydroxylation sites is 2. The Bertz CT molecular complexity index is 401. The Labute approximate surface area is 118 Å². The maximum Gasteiger partial charge on any atom is 0.119 e. The summed E-state index contributed by atoms with van der Waals surface area (Å²) in [7, 11) is 0. The molecule has 0 aliphatic carbocycles. The maximum atomic E-state index is 5.61. The second-order valence-corrected chi connectivity index (χ2v) is 5.16. The van der Waals surface area contributed by atoms with E-state index in [0.29, 0.717) is 0 Å². The van der Waals surface area contributed by atoms with Crippen LogP contribution in [0.5, 0.6) is 11.5 Å². The first-order chi connectivity index (χ1) is 9.45. The molecule has 0 amide bonds. The Morgan fingerprint density at radius 2 is 1.05 bits per heavy atom. The van der Waals surface area contributed by atoms with Gasteiger partial charge in [0.2, 0.25) is 0 Å². The molecule has 0 unspecified atom stereocenters. The fourth-order valence-corrected chi connectivity index (χ4v) is 2.18. The third-order valence-corrected chi connectivity index (χ3v) is 3.39. The van der Waals surface area contributed by atoms with Gasteiger partial charge in [-0.15, -0.1) is 0 Å². The highest BCUT2D eigenvalue weighted by atomic mass is 32.2. The highest BCUT2D eigenvalue weighted by molar-refractivity contribution is 7.99. The van der Waals surface area contributed by atoms with E-state index in [1.807, 2.05) is 72.4 Å². The summed E-state index contributed by atoms with van der Waals surface area (Å²) >= 11 is 1.84. The topological polar surface area (TPSA) is 18.5 Å². The Morgan fingerprint density at radius 1 is 0.632 bits per heavy atom. The molecule has 2 rings (SSSR count). The third kappa shape index (κ3) is 5.71. The Hall–Kier alpha value is -1.61. The average Bonchev–Trinajstić information content (AvgIpc) is 2.48. The number of thioether (sulfide) groups is 1. The van der Waals surface area contributed by atoms with Crippen LogP contribution < -0.4 is 9.47 Å². The standard InChI is InChI=1S/C16H18O2S/c1-3-7-15(8-4-1)17-11-13-19-14-12-18-16-9-5-2-6-10-16/h1-10H,11-14H2. The van der Waals surface area contributed by atoms with E-state index in [1.54, 1.807) is 0 Å². The lowest BCUT2D eigenvalue weighted by Gasteiger charge is -2.07. The van der Waals surface area contributed by atoms with Crippen molar-refractivity contribution in [1.82, 2.24) is 0 Å². The molecule has 0 aliphatic heterocycles. The lowest BCUT2D eigenvalue weighted by atomic mass is 10.3. The predicted molar refractivity (Wildman–Crippen MR) is 81.2 cm³/mol. The highest BCUT2D eigenvalue weighted by Gasteiger charge is 1.94. The van der Waals surface area contributed by atoms with Gasteiger partial charge in [0, 0.05) is 11.5 Å². The molecule has 0 atom stereocenters. The molecule has 0 bridgehead atoms. The molecule has 100 valence electrons. The first-order valence-corrected chi connectivity index (χ1v) is 7.54. The summed E-state index contributed by atoms with van der Waals surface area (Å²) in [6.07, 6.45) is 0. The molecular weight excluding hydrogens is 256 g/mol. The lowest BCUT2D eigenvalue weighted by molar-refractivity contribution is 0.339. The van der Waals surface area contributed by atoms with Gasteiger partial charge in [0.15, 0.2) is 0 Å². The third-order valence-electron chi connectivity index (χ3n) is 2.48. The van der Waals surface area contributed by atoms with E-state index >= 15 is 0 Å². The van der Waals surface area contributed by atoms with Crippen LogP contribution >= 0.6 is 11.8 Å². The van der Waals surface area contributed by atoms with E-state index in [2.05, 4.69) is 0 Å². The van der Waals surface area contributed by atoms with Crippen LogP contribution in [0.3, 0.4) is 0 Å². The minimum absolute atomic E-state index is 0.736. The SMILES string of the molecule is c1ccc(OCCSCCOc2ccccc2)cc1. The first kappa shape index (κ1) is 13.8. The van der Waals surface area contributed by atoms with E-state index in [1.165, 1.54) is 0 Å². The molecule has 0 spiro atoms. The zero-order valence-electron chi connectivity index (χ0n) is 10.8. The molecule has 0 radical (unpaired) electrons. The van der Waals surface area contributed by atoms with Gasteiger partial charge in [-0.2, -0.15) is 11.8 Å². The van der Waals surface area contributed by atoms with E-state index in [9.17, 15) is 0 Å². The van der Waals surface area contributed by atoms with Crippen molar-refractivity contribution >= 4 is 11.8 Å². The van der Waals surface area contributed by atoms with Crippen LogP contribution in [0.25, 0.3) is 0 Å². The second kappa shape index (κ2) is 8.48. The zero-order valence-corrected chi connectivity index (χ0v) is 11.6. The fraction of sp³-hybridized carbons (Fsp3) is 0.250. The summed E-state index contributed by atoms with van der Waals surface area (Å²) in [5.74, 6) is 3.83. The molecule has 0 fully saturated rings. The minimum atomic E-state index is 0.736. The zero-order chi connectivity index (χ0) is 13.2. The fourth-order valence-electron chi connectivity index (χ4n) is 1.57. The number of rotatable bonds is 8. The van der Waals surface area contributed by atoms with Gasteiger partial charge >= 0.3 is 0 Å². The molecule has 19 heavy (non-hydrogen) atoms. The molecule has 0 N–H and O–H groups in total. The molecule has 0 aliphatic rings. The van der Waals surface area contributed by atoms with E-state index in [0.717, 1.165) is 36.2 Å². The molecule has 2 nitrogen and oxygen atoms in total. The van der Waals surface area contributed by atoms with Crippen molar-refractivity contribution in [3.63, 3.8) is 0 Å². The average molecular weight is 274 g/mol. The van der Waals surface area contributed by atoms with Crippen molar-refractivity contribution < 1.29 is 9.47 Å². The lowest BCUT2D eigenvalue weighted by Crippen LogP contribution is -2.04. The first-order valence-electron chi connectivity index (χ1n) is 6.38. The monoisotopic (exact) mass is 274 g/mol. The van der Waals surface area contributed by atoms with Crippen molar-refractivity contribution in [2.75, 3.05) is 24.7 Å². The summed E-state index contributed by atoms with van der Waals surface area (Å²) in [6, 6.07) is 19.8.